The van der Waals surface area contributed by atoms with Crippen molar-refractivity contribution in [2.24, 2.45) is 11.1 Å². The summed E-state index contributed by atoms with van der Waals surface area (Å²) in [7, 11) is -2.35. The molecule has 1 saturated carbocycles. The smallest absolute Gasteiger partial charge is 0.333 e. The maximum absolute atomic E-state index is 11.0. The van der Waals surface area contributed by atoms with Crippen molar-refractivity contribution in [1.29, 1.82) is 0 Å². The van der Waals surface area contributed by atoms with Gasteiger partial charge in [0.2, 0.25) is 5.88 Å². The van der Waals surface area contributed by atoms with Crippen molar-refractivity contribution in [1.82, 2.24) is 9.97 Å². The van der Waals surface area contributed by atoms with Gasteiger partial charge in [-0.3, -0.25) is 4.18 Å². The van der Waals surface area contributed by atoms with Gasteiger partial charge in [0.25, 0.3) is 0 Å². The quantitative estimate of drug-likeness (QED) is 0.535. The van der Waals surface area contributed by atoms with Crippen LogP contribution in [-0.2, 0) is 25.6 Å². The summed E-state index contributed by atoms with van der Waals surface area (Å²) in [5, 5.41) is 18.4. The van der Waals surface area contributed by atoms with Gasteiger partial charge in [-0.25, -0.2) is 15.1 Å². The molecule has 11 heteroatoms. The van der Waals surface area contributed by atoms with Crippen LogP contribution in [0.4, 0.5) is 5.82 Å². The monoisotopic (exact) mass is 450 g/mol. The molecule has 4 N–H and O–H groups in total. The van der Waals surface area contributed by atoms with Crippen molar-refractivity contribution in [2.45, 2.75) is 43.6 Å². The van der Waals surface area contributed by atoms with E-state index in [1.165, 1.54) is 17.5 Å². The molecule has 4 rings (SSSR count). The third kappa shape index (κ3) is 5.31. The molecule has 0 spiro atoms. The summed E-state index contributed by atoms with van der Waals surface area (Å²) < 4.78 is 38.1. The minimum Gasteiger partial charge on any atom is -0.474 e. The van der Waals surface area contributed by atoms with Crippen molar-refractivity contribution in [3.8, 4) is 5.88 Å². The number of aromatic nitrogens is 2. The van der Waals surface area contributed by atoms with E-state index in [-0.39, 0.29) is 30.8 Å². The van der Waals surface area contributed by atoms with Gasteiger partial charge in [0.05, 0.1) is 24.9 Å². The van der Waals surface area contributed by atoms with Crippen LogP contribution in [0.1, 0.15) is 30.0 Å². The van der Waals surface area contributed by atoms with Crippen LogP contribution in [0.25, 0.3) is 0 Å². The Hall–Kier alpha value is -2.31. The highest BCUT2D eigenvalue weighted by Crippen LogP contribution is 2.36. The number of hydrogen-bond donors (Lipinski definition) is 3. The van der Waals surface area contributed by atoms with Crippen LogP contribution < -0.4 is 15.2 Å². The van der Waals surface area contributed by atoms with E-state index >= 15 is 0 Å². The summed E-state index contributed by atoms with van der Waals surface area (Å²) in [6, 6.07) is 9.85. The Morgan fingerprint density at radius 1 is 1.26 bits per heavy atom. The van der Waals surface area contributed by atoms with E-state index in [4.69, 9.17) is 14.6 Å². The molecule has 0 aliphatic heterocycles. The SMILES string of the molecule is COC1Cc2ccccc2[C@H]1Nc1cc(O[C@@H]2C[C@@H](COS(N)(=O)=O)[C@@H](O)C2)ncn1. The Morgan fingerprint density at radius 2 is 2.06 bits per heavy atom. The highest BCUT2D eigenvalue weighted by atomic mass is 32.2. The zero-order chi connectivity index (χ0) is 22.0. The number of methoxy groups -OCH3 is 1. The average molecular weight is 451 g/mol. The summed E-state index contributed by atoms with van der Waals surface area (Å²) in [4.78, 5) is 8.46. The summed E-state index contributed by atoms with van der Waals surface area (Å²) in [5.41, 5.74) is 2.41. The molecule has 5 atom stereocenters. The first-order valence-corrected chi connectivity index (χ1v) is 11.5. The van der Waals surface area contributed by atoms with Crippen LogP contribution in [-0.4, -0.2) is 55.5 Å². The normalized spacial score (nSPS) is 27.8. The summed E-state index contributed by atoms with van der Waals surface area (Å²) in [6.07, 6.45) is 1.91. The highest BCUT2D eigenvalue weighted by Gasteiger charge is 2.36. The lowest BCUT2D eigenvalue weighted by molar-refractivity contribution is 0.0958. The van der Waals surface area contributed by atoms with Crippen LogP contribution >= 0.6 is 0 Å². The van der Waals surface area contributed by atoms with E-state index in [1.807, 2.05) is 12.1 Å². The maximum atomic E-state index is 11.0. The van der Waals surface area contributed by atoms with Gasteiger partial charge in [0.15, 0.2) is 0 Å². The Balaban J connectivity index is 1.40. The number of anilines is 1. The standard InChI is InChI=1S/C20H26N4O6S/c1-28-17-7-12-4-2-3-5-15(12)20(17)24-18-9-19(23-11-22-18)30-14-6-13(16(25)8-14)10-29-31(21,26)27/h2-5,9,11,13-14,16-17,20,25H,6-8,10H2,1H3,(H2,21,26,27)(H,22,23,24)/t13-,14+,16-,17?,20+/m0/s1. The molecule has 168 valence electrons. The lowest BCUT2D eigenvalue weighted by Crippen LogP contribution is -2.24. The number of nitrogens with two attached hydrogens (primary N) is 1. The lowest BCUT2D eigenvalue weighted by Gasteiger charge is -2.21. The minimum atomic E-state index is -4.05. The number of fused-ring (bicyclic) bond motifs is 1. The van der Waals surface area contributed by atoms with E-state index in [0.717, 1.165) is 6.42 Å². The second kappa shape index (κ2) is 9.05. The van der Waals surface area contributed by atoms with Gasteiger partial charge in [-0.15, -0.1) is 0 Å². The minimum absolute atomic E-state index is 0.0127. The number of aliphatic hydroxyl groups excluding tert-OH is 1. The molecular formula is C20H26N4O6S. The fourth-order valence-electron chi connectivity index (χ4n) is 4.27. The van der Waals surface area contributed by atoms with Crippen LogP contribution in [0.15, 0.2) is 36.7 Å². The highest BCUT2D eigenvalue weighted by molar-refractivity contribution is 7.84. The number of hydrogen-bond acceptors (Lipinski definition) is 9. The van der Waals surface area contributed by atoms with Crippen LogP contribution in [0.5, 0.6) is 5.88 Å². The molecule has 0 amide bonds. The van der Waals surface area contributed by atoms with E-state index in [1.54, 1.807) is 13.2 Å². The molecule has 1 aromatic heterocycles. The van der Waals surface area contributed by atoms with Crippen LogP contribution in [0.3, 0.4) is 0 Å². The maximum Gasteiger partial charge on any atom is 0.333 e. The molecular weight excluding hydrogens is 424 g/mol. The molecule has 31 heavy (non-hydrogen) atoms. The van der Waals surface area contributed by atoms with Gasteiger partial charge >= 0.3 is 10.3 Å². The molecule has 2 aromatic rings. The Morgan fingerprint density at radius 3 is 2.84 bits per heavy atom. The zero-order valence-corrected chi connectivity index (χ0v) is 17.9. The first kappa shape index (κ1) is 21.9. The first-order valence-electron chi connectivity index (χ1n) is 10.0. The van der Waals surface area contributed by atoms with Crippen molar-refractivity contribution in [2.75, 3.05) is 19.0 Å². The van der Waals surface area contributed by atoms with Gasteiger partial charge in [0.1, 0.15) is 18.2 Å². The average Bonchev–Trinajstić information content (AvgIpc) is 3.26. The predicted octanol–water partition coefficient (Wildman–Crippen LogP) is 0.939. The van der Waals surface area contributed by atoms with Gasteiger partial charge < -0.3 is 19.9 Å². The molecule has 1 aromatic carbocycles. The molecule has 1 heterocycles. The van der Waals surface area contributed by atoms with Gasteiger partial charge in [-0.2, -0.15) is 8.42 Å². The van der Waals surface area contributed by atoms with Gasteiger partial charge in [0, 0.05) is 31.9 Å². The second-order valence-corrected chi connectivity index (χ2v) is 9.08. The predicted molar refractivity (Wildman–Crippen MR) is 112 cm³/mol. The van der Waals surface area contributed by atoms with Crippen LogP contribution in [0, 0.1) is 5.92 Å². The molecule has 2 aliphatic carbocycles. The molecule has 2 aliphatic rings. The van der Waals surface area contributed by atoms with E-state index in [0.29, 0.717) is 24.5 Å². The molecule has 0 radical (unpaired) electrons. The third-order valence-corrected chi connectivity index (χ3v) is 6.24. The summed E-state index contributed by atoms with van der Waals surface area (Å²) in [5.74, 6) is 0.574. The number of rotatable bonds is 8. The third-order valence-electron chi connectivity index (χ3n) is 5.78. The molecule has 1 unspecified atom stereocenters. The first-order chi connectivity index (χ1) is 14.8. The Bertz CT molecular complexity index is 1020. The van der Waals surface area contributed by atoms with Gasteiger partial charge in [-0.1, -0.05) is 24.3 Å². The number of benzene rings is 1. The zero-order valence-electron chi connectivity index (χ0n) is 17.0. The molecule has 0 saturated heterocycles. The fraction of sp³-hybridized carbons (Fsp3) is 0.500. The Kier molecular flexibility index (Phi) is 6.39. The largest absolute Gasteiger partial charge is 0.474 e. The summed E-state index contributed by atoms with van der Waals surface area (Å²) >= 11 is 0. The van der Waals surface area contributed by atoms with Crippen molar-refractivity contribution < 1.29 is 27.2 Å². The number of aliphatic hydroxyl groups is 1. The van der Waals surface area contributed by atoms with Crippen molar-refractivity contribution in [3.05, 3.63) is 47.8 Å². The van der Waals surface area contributed by atoms with Crippen LogP contribution in [0.2, 0.25) is 0 Å². The number of nitrogens with zero attached hydrogens (tertiary/aromatic N) is 2. The van der Waals surface area contributed by atoms with Crippen molar-refractivity contribution in [3.63, 3.8) is 0 Å². The second-order valence-electron chi connectivity index (χ2n) is 7.86. The van der Waals surface area contributed by atoms with E-state index in [2.05, 4.69) is 31.6 Å². The summed E-state index contributed by atoms with van der Waals surface area (Å²) in [6.45, 7) is -0.185. The molecule has 10 nitrogen and oxygen atoms in total. The van der Waals surface area contributed by atoms with E-state index in [9.17, 15) is 13.5 Å². The number of ether oxygens (including phenoxy) is 2. The molecule has 0 bridgehead atoms. The van der Waals surface area contributed by atoms with Gasteiger partial charge in [-0.05, 0) is 17.5 Å². The molecule has 1 fully saturated rings. The topological polar surface area (TPSA) is 146 Å². The fourth-order valence-corrected chi connectivity index (χ4v) is 4.64. The van der Waals surface area contributed by atoms with Crippen molar-refractivity contribution >= 4 is 16.1 Å². The number of nitrogens with one attached hydrogen (secondary N) is 1. The Labute approximate surface area is 181 Å². The van der Waals surface area contributed by atoms with E-state index < -0.39 is 16.4 Å². The lowest BCUT2D eigenvalue weighted by atomic mass is 10.1.